The van der Waals surface area contributed by atoms with Gasteiger partial charge < -0.3 is 15.4 Å². The van der Waals surface area contributed by atoms with Gasteiger partial charge in [-0.15, -0.1) is 0 Å². The Hall–Kier alpha value is -2.71. The van der Waals surface area contributed by atoms with Crippen LogP contribution >= 0.6 is 0 Å². The quantitative estimate of drug-likeness (QED) is 0.377. The third kappa shape index (κ3) is 7.67. The van der Waals surface area contributed by atoms with Crippen LogP contribution in [0.2, 0.25) is 0 Å². The molecule has 0 aliphatic carbocycles. The highest BCUT2D eigenvalue weighted by molar-refractivity contribution is 5.79. The Morgan fingerprint density at radius 1 is 1.31 bits per heavy atom. The van der Waals surface area contributed by atoms with E-state index in [1.807, 2.05) is 26.4 Å². The lowest BCUT2D eigenvalue weighted by molar-refractivity contribution is -0.137. The van der Waals surface area contributed by atoms with Gasteiger partial charge in [-0.25, -0.2) is 0 Å². The van der Waals surface area contributed by atoms with Gasteiger partial charge in [0.25, 0.3) is 0 Å². The van der Waals surface area contributed by atoms with Gasteiger partial charge in [0.05, 0.1) is 18.3 Å². The Kier molecular flexibility index (Phi) is 8.35. The molecule has 0 aliphatic heterocycles. The first-order valence-corrected chi connectivity index (χ1v) is 9.57. The number of aromatic nitrogens is 2. The van der Waals surface area contributed by atoms with Crippen molar-refractivity contribution in [3.8, 4) is 5.75 Å². The predicted octanol–water partition coefficient (Wildman–Crippen LogP) is 3.39. The number of ether oxygens (including phenoxy) is 1. The first kappa shape index (κ1) is 22.6. The summed E-state index contributed by atoms with van der Waals surface area (Å²) in [7, 11) is 3.56. The molecule has 2 aromatic rings. The largest absolute Gasteiger partial charge is 0.489 e. The van der Waals surface area contributed by atoms with E-state index in [0.717, 1.165) is 31.5 Å². The van der Waals surface area contributed by atoms with Gasteiger partial charge in [-0.1, -0.05) is 13.0 Å². The lowest BCUT2D eigenvalue weighted by atomic mass is 10.2. The number of aryl methyl sites for hydroxylation is 2. The molecule has 1 unspecified atom stereocenters. The maximum absolute atomic E-state index is 12.8. The molecule has 2 N–H and O–H groups in total. The van der Waals surface area contributed by atoms with Gasteiger partial charge in [0.2, 0.25) is 0 Å². The molecule has 0 aliphatic rings. The average Bonchev–Trinajstić information content (AvgIpc) is 3.11. The number of halogens is 3. The van der Waals surface area contributed by atoms with Gasteiger partial charge in [0, 0.05) is 26.8 Å². The van der Waals surface area contributed by atoms with Crippen LogP contribution in [0.5, 0.6) is 5.75 Å². The van der Waals surface area contributed by atoms with Crippen LogP contribution in [0.1, 0.15) is 30.9 Å². The first-order valence-electron chi connectivity index (χ1n) is 9.57. The predicted molar refractivity (Wildman–Crippen MR) is 107 cm³/mol. The SMILES string of the molecule is CCC(CNC(=NC)NCCCc1cnn(C)c1)Oc1cccc(C(F)(F)F)c1. The number of guanidine groups is 1. The summed E-state index contributed by atoms with van der Waals surface area (Å²) in [5, 5.41) is 10.5. The number of nitrogens with one attached hydrogen (secondary N) is 2. The van der Waals surface area contributed by atoms with Crippen LogP contribution in [0.15, 0.2) is 41.7 Å². The summed E-state index contributed by atoms with van der Waals surface area (Å²) in [6.45, 7) is 3.08. The van der Waals surface area contributed by atoms with Crippen molar-refractivity contribution in [2.75, 3.05) is 20.1 Å². The number of hydrogen-bond acceptors (Lipinski definition) is 3. The lowest BCUT2D eigenvalue weighted by Crippen LogP contribution is -2.42. The fourth-order valence-electron chi connectivity index (χ4n) is 2.74. The molecule has 1 aromatic carbocycles. The molecule has 9 heteroatoms. The van der Waals surface area contributed by atoms with Gasteiger partial charge in [0.1, 0.15) is 11.9 Å². The smallest absolute Gasteiger partial charge is 0.416 e. The van der Waals surface area contributed by atoms with Crippen LogP contribution in [0.4, 0.5) is 13.2 Å². The monoisotopic (exact) mass is 411 g/mol. The number of benzene rings is 1. The molecule has 0 bridgehead atoms. The van der Waals surface area contributed by atoms with Crippen LogP contribution in [-0.2, 0) is 19.6 Å². The van der Waals surface area contributed by atoms with E-state index in [2.05, 4.69) is 20.7 Å². The zero-order valence-electron chi connectivity index (χ0n) is 17.0. The van der Waals surface area contributed by atoms with E-state index in [0.29, 0.717) is 18.9 Å². The lowest BCUT2D eigenvalue weighted by Gasteiger charge is -2.20. The highest BCUT2D eigenvalue weighted by atomic mass is 19.4. The fraction of sp³-hybridized carbons (Fsp3) is 0.500. The number of aliphatic imine (C=N–C) groups is 1. The zero-order chi connectivity index (χ0) is 21.3. The van der Waals surface area contributed by atoms with E-state index < -0.39 is 11.7 Å². The Bertz CT molecular complexity index is 788. The van der Waals surface area contributed by atoms with Crippen molar-refractivity contribution in [1.29, 1.82) is 0 Å². The van der Waals surface area contributed by atoms with Crippen LogP contribution < -0.4 is 15.4 Å². The summed E-state index contributed by atoms with van der Waals surface area (Å²) in [6, 6.07) is 4.93. The highest BCUT2D eigenvalue weighted by Gasteiger charge is 2.30. The van der Waals surface area contributed by atoms with Crippen molar-refractivity contribution >= 4 is 5.96 Å². The minimum atomic E-state index is -4.39. The van der Waals surface area contributed by atoms with Crippen molar-refractivity contribution in [1.82, 2.24) is 20.4 Å². The molecule has 0 radical (unpaired) electrons. The topological polar surface area (TPSA) is 63.5 Å². The average molecular weight is 411 g/mol. The minimum absolute atomic E-state index is 0.202. The van der Waals surface area contributed by atoms with E-state index in [9.17, 15) is 13.2 Å². The minimum Gasteiger partial charge on any atom is -0.489 e. The number of rotatable bonds is 9. The van der Waals surface area contributed by atoms with Crippen LogP contribution in [0.3, 0.4) is 0 Å². The summed E-state index contributed by atoms with van der Waals surface area (Å²) >= 11 is 0. The highest BCUT2D eigenvalue weighted by Crippen LogP contribution is 2.31. The zero-order valence-corrected chi connectivity index (χ0v) is 17.0. The molecule has 0 amide bonds. The molecule has 0 spiro atoms. The van der Waals surface area contributed by atoms with E-state index in [1.54, 1.807) is 11.7 Å². The van der Waals surface area contributed by atoms with Crippen molar-refractivity contribution in [3.63, 3.8) is 0 Å². The second kappa shape index (κ2) is 10.7. The maximum atomic E-state index is 12.8. The van der Waals surface area contributed by atoms with E-state index in [1.165, 1.54) is 17.7 Å². The van der Waals surface area contributed by atoms with Crippen molar-refractivity contribution in [2.45, 2.75) is 38.5 Å². The van der Waals surface area contributed by atoms with Crippen LogP contribution in [-0.4, -0.2) is 42.0 Å². The Balaban J connectivity index is 1.77. The molecule has 1 heterocycles. The molecule has 1 aromatic heterocycles. The Morgan fingerprint density at radius 2 is 2.10 bits per heavy atom. The fourth-order valence-corrected chi connectivity index (χ4v) is 2.74. The van der Waals surface area contributed by atoms with Crippen molar-refractivity contribution in [2.24, 2.45) is 12.0 Å². The third-order valence-corrected chi connectivity index (χ3v) is 4.33. The van der Waals surface area contributed by atoms with Gasteiger partial charge in [-0.2, -0.15) is 18.3 Å². The Labute approximate surface area is 169 Å². The standard InChI is InChI=1S/C20H28F3N5O/c1-4-17(29-18-9-5-8-16(11-18)20(21,22)23)13-26-19(24-2)25-10-6-7-15-12-27-28(3)14-15/h5,8-9,11-12,14,17H,4,6-7,10,13H2,1-3H3,(H2,24,25,26). The summed E-state index contributed by atoms with van der Waals surface area (Å²) in [6.07, 6.45) is 1.64. The molecule has 0 saturated carbocycles. The van der Waals surface area contributed by atoms with Gasteiger partial charge in [-0.05, 0) is 43.0 Å². The molecular formula is C20H28F3N5O. The van der Waals surface area contributed by atoms with E-state index in [4.69, 9.17) is 4.74 Å². The van der Waals surface area contributed by atoms with Crippen LogP contribution in [0, 0.1) is 0 Å². The molecule has 1 atom stereocenters. The van der Waals surface area contributed by atoms with Crippen molar-refractivity contribution in [3.05, 3.63) is 47.8 Å². The van der Waals surface area contributed by atoms with Gasteiger partial charge in [-0.3, -0.25) is 9.67 Å². The number of alkyl halides is 3. The van der Waals surface area contributed by atoms with Crippen molar-refractivity contribution < 1.29 is 17.9 Å². The molecule has 0 saturated heterocycles. The van der Waals surface area contributed by atoms with Gasteiger partial charge in [0.15, 0.2) is 5.96 Å². The molecular weight excluding hydrogens is 383 g/mol. The molecule has 6 nitrogen and oxygen atoms in total. The molecule has 29 heavy (non-hydrogen) atoms. The van der Waals surface area contributed by atoms with E-state index >= 15 is 0 Å². The normalized spacial score (nSPS) is 13.2. The Morgan fingerprint density at radius 3 is 2.72 bits per heavy atom. The molecule has 2 rings (SSSR count). The van der Waals surface area contributed by atoms with Crippen LogP contribution in [0.25, 0.3) is 0 Å². The summed E-state index contributed by atoms with van der Waals surface area (Å²) in [4.78, 5) is 4.17. The first-order chi connectivity index (χ1) is 13.8. The summed E-state index contributed by atoms with van der Waals surface area (Å²) < 4.78 is 46.0. The molecule has 160 valence electrons. The third-order valence-electron chi connectivity index (χ3n) is 4.33. The second-order valence-corrected chi connectivity index (χ2v) is 6.68. The van der Waals surface area contributed by atoms with E-state index in [-0.39, 0.29) is 11.9 Å². The maximum Gasteiger partial charge on any atom is 0.416 e. The number of nitrogens with zero attached hydrogens (tertiary/aromatic N) is 3. The number of hydrogen-bond donors (Lipinski definition) is 2. The molecule has 0 fully saturated rings. The summed E-state index contributed by atoms with van der Waals surface area (Å²) in [5.41, 5.74) is 0.460. The summed E-state index contributed by atoms with van der Waals surface area (Å²) in [5.74, 6) is 0.829. The second-order valence-electron chi connectivity index (χ2n) is 6.68. The van der Waals surface area contributed by atoms with Gasteiger partial charge >= 0.3 is 6.18 Å².